The summed E-state index contributed by atoms with van der Waals surface area (Å²) in [6, 6.07) is 10.3. The zero-order valence-electron chi connectivity index (χ0n) is 9.64. The third kappa shape index (κ3) is 2.21. The third-order valence-electron chi connectivity index (χ3n) is 2.61. The molecule has 0 bridgehead atoms. The largest absolute Gasteiger partial charge is 0.349 e. The van der Waals surface area contributed by atoms with Crippen molar-refractivity contribution in [2.24, 2.45) is 0 Å². The van der Waals surface area contributed by atoms with Crippen molar-refractivity contribution in [3.63, 3.8) is 0 Å². The maximum absolute atomic E-state index is 5.82. The van der Waals surface area contributed by atoms with Crippen molar-refractivity contribution in [2.45, 2.75) is 17.0 Å². The fourth-order valence-corrected chi connectivity index (χ4v) is 2.80. The lowest BCUT2D eigenvalue weighted by atomic mass is 10.3. The van der Waals surface area contributed by atoms with E-state index >= 15 is 0 Å². The highest BCUT2D eigenvalue weighted by molar-refractivity contribution is 7.99. The van der Waals surface area contributed by atoms with E-state index in [-0.39, 0.29) is 5.28 Å². The van der Waals surface area contributed by atoms with E-state index in [0.29, 0.717) is 0 Å². The van der Waals surface area contributed by atoms with Gasteiger partial charge in [-0.15, -0.1) is 0 Å². The molecule has 0 unspecified atom stereocenters. The van der Waals surface area contributed by atoms with Crippen LogP contribution in [0.4, 0.5) is 0 Å². The lowest BCUT2D eigenvalue weighted by Crippen LogP contribution is -1.89. The standard InChI is InChI=1S/C13H10ClN3S/c1-8-7-15-13(14)17-12(8)18-11-6-9-4-2-3-5-10(9)16-11/h2-7,16H,1H3. The molecule has 1 N–H and O–H groups in total. The first-order valence-electron chi connectivity index (χ1n) is 5.47. The maximum atomic E-state index is 5.82. The highest BCUT2D eigenvalue weighted by atomic mass is 35.5. The Morgan fingerprint density at radius 1 is 1.28 bits per heavy atom. The van der Waals surface area contributed by atoms with Gasteiger partial charge in [0.15, 0.2) is 0 Å². The smallest absolute Gasteiger partial charge is 0.223 e. The number of aromatic amines is 1. The number of nitrogens with one attached hydrogen (secondary N) is 1. The van der Waals surface area contributed by atoms with E-state index in [4.69, 9.17) is 11.6 Å². The zero-order valence-corrected chi connectivity index (χ0v) is 11.2. The molecule has 3 rings (SSSR count). The molecule has 0 aliphatic carbocycles. The van der Waals surface area contributed by atoms with Crippen LogP contribution in [0, 0.1) is 6.92 Å². The van der Waals surface area contributed by atoms with Crippen molar-refractivity contribution in [1.29, 1.82) is 0 Å². The van der Waals surface area contributed by atoms with Crippen molar-refractivity contribution < 1.29 is 0 Å². The molecule has 3 nitrogen and oxygen atoms in total. The molecule has 3 aromatic rings. The molecule has 2 aromatic heterocycles. The second-order valence-corrected chi connectivity index (χ2v) is 5.32. The number of fused-ring (bicyclic) bond motifs is 1. The van der Waals surface area contributed by atoms with Gasteiger partial charge in [0.05, 0.1) is 5.03 Å². The van der Waals surface area contributed by atoms with Gasteiger partial charge in [0.2, 0.25) is 5.28 Å². The van der Waals surface area contributed by atoms with Crippen LogP contribution >= 0.6 is 23.4 Å². The minimum atomic E-state index is 0.277. The highest BCUT2D eigenvalue weighted by Gasteiger charge is 2.07. The van der Waals surface area contributed by atoms with Crippen LogP contribution in [-0.4, -0.2) is 15.0 Å². The predicted octanol–water partition coefficient (Wildman–Crippen LogP) is 4.07. The van der Waals surface area contributed by atoms with Crippen molar-refractivity contribution in [1.82, 2.24) is 15.0 Å². The minimum Gasteiger partial charge on any atom is -0.349 e. The number of para-hydroxylation sites is 1. The molecule has 0 saturated heterocycles. The van der Waals surface area contributed by atoms with Crippen molar-refractivity contribution in [3.05, 3.63) is 47.4 Å². The van der Waals surface area contributed by atoms with Crippen molar-refractivity contribution >= 4 is 34.3 Å². The highest BCUT2D eigenvalue weighted by Crippen LogP contribution is 2.30. The Morgan fingerprint density at radius 3 is 2.94 bits per heavy atom. The summed E-state index contributed by atoms with van der Waals surface area (Å²) in [6.45, 7) is 1.97. The second-order valence-electron chi connectivity index (χ2n) is 3.95. The number of aryl methyl sites for hydroxylation is 1. The zero-order chi connectivity index (χ0) is 12.5. The van der Waals surface area contributed by atoms with Crippen molar-refractivity contribution in [2.75, 3.05) is 0 Å². The van der Waals surface area contributed by atoms with Gasteiger partial charge in [-0.3, -0.25) is 0 Å². The number of nitrogens with zero attached hydrogens (tertiary/aromatic N) is 2. The Morgan fingerprint density at radius 2 is 2.11 bits per heavy atom. The van der Waals surface area contributed by atoms with Gasteiger partial charge in [0.25, 0.3) is 0 Å². The molecular weight excluding hydrogens is 266 g/mol. The number of hydrogen-bond donors (Lipinski definition) is 1. The second kappa shape index (κ2) is 4.63. The molecule has 0 radical (unpaired) electrons. The first kappa shape index (κ1) is 11.6. The average molecular weight is 276 g/mol. The van der Waals surface area contributed by atoms with E-state index in [0.717, 1.165) is 21.1 Å². The fraction of sp³-hybridized carbons (Fsp3) is 0.0769. The molecule has 5 heteroatoms. The molecule has 0 spiro atoms. The van der Waals surface area contributed by atoms with E-state index in [2.05, 4.69) is 33.2 Å². The van der Waals surface area contributed by atoms with Crippen LogP contribution in [0.15, 0.2) is 46.6 Å². The van der Waals surface area contributed by atoms with Gasteiger partial charge in [0.1, 0.15) is 5.03 Å². The van der Waals surface area contributed by atoms with E-state index in [1.165, 1.54) is 5.39 Å². The van der Waals surface area contributed by atoms with E-state index < -0.39 is 0 Å². The number of hydrogen-bond acceptors (Lipinski definition) is 3. The Balaban J connectivity index is 1.98. The Bertz CT molecular complexity index is 675. The molecule has 90 valence electrons. The van der Waals surface area contributed by atoms with Gasteiger partial charge in [-0.25, -0.2) is 9.97 Å². The van der Waals surface area contributed by atoms with Gasteiger partial charge >= 0.3 is 0 Å². The molecule has 0 aliphatic rings. The summed E-state index contributed by atoms with van der Waals surface area (Å²) in [5.74, 6) is 0. The van der Waals surface area contributed by atoms with Gasteiger partial charge in [-0.2, -0.15) is 0 Å². The average Bonchev–Trinajstić information content (AvgIpc) is 2.76. The van der Waals surface area contributed by atoms with E-state index in [1.54, 1.807) is 18.0 Å². The van der Waals surface area contributed by atoms with Crippen LogP contribution in [-0.2, 0) is 0 Å². The summed E-state index contributed by atoms with van der Waals surface area (Å²) in [6.07, 6.45) is 1.74. The van der Waals surface area contributed by atoms with Crippen LogP contribution in [0.3, 0.4) is 0 Å². The Hall–Kier alpha value is -1.52. The molecular formula is C13H10ClN3S. The van der Waals surface area contributed by atoms with Gasteiger partial charge < -0.3 is 4.98 Å². The van der Waals surface area contributed by atoms with Crippen LogP contribution in [0.1, 0.15) is 5.56 Å². The first-order chi connectivity index (χ1) is 8.72. The van der Waals surface area contributed by atoms with E-state index in [1.807, 2.05) is 19.1 Å². The van der Waals surface area contributed by atoms with Gasteiger partial charge in [-0.1, -0.05) is 30.0 Å². The number of halogens is 1. The summed E-state index contributed by atoms with van der Waals surface area (Å²) in [4.78, 5) is 11.5. The molecule has 0 amide bonds. The Labute approximate surface area is 114 Å². The van der Waals surface area contributed by atoms with Gasteiger partial charge in [-0.05, 0) is 30.7 Å². The summed E-state index contributed by atoms with van der Waals surface area (Å²) in [5.41, 5.74) is 2.14. The maximum Gasteiger partial charge on any atom is 0.223 e. The predicted molar refractivity (Wildman–Crippen MR) is 74.2 cm³/mol. The molecule has 0 aliphatic heterocycles. The fourth-order valence-electron chi connectivity index (χ4n) is 1.72. The first-order valence-corrected chi connectivity index (χ1v) is 6.66. The Kier molecular flexibility index (Phi) is 2.97. The van der Waals surface area contributed by atoms with Crippen LogP contribution in [0.5, 0.6) is 0 Å². The minimum absolute atomic E-state index is 0.277. The molecule has 1 aromatic carbocycles. The SMILES string of the molecule is Cc1cnc(Cl)nc1Sc1cc2ccccc2[nH]1. The molecule has 0 saturated carbocycles. The quantitative estimate of drug-likeness (QED) is 0.566. The number of H-pyrrole nitrogens is 1. The summed E-state index contributed by atoms with van der Waals surface area (Å²) < 4.78 is 0. The summed E-state index contributed by atoms with van der Waals surface area (Å²) in [5, 5.41) is 3.40. The topological polar surface area (TPSA) is 41.6 Å². The molecule has 2 heterocycles. The lowest BCUT2D eigenvalue weighted by Gasteiger charge is -2.01. The van der Waals surface area contributed by atoms with Crippen LogP contribution in [0.25, 0.3) is 10.9 Å². The summed E-state index contributed by atoms with van der Waals surface area (Å²) in [7, 11) is 0. The van der Waals surface area contributed by atoms with Crippen LogP contribution in [0.2, 0.25) is 5.28 Å². The van der Waals surface area contributed by atoms with Crippen molar-refractivity contribution in [3.8, 4) is 0 Å². The molecule has 0 fully saturated rings. The van der Waals surface area contributed by atoms with Gasteiger partial charge in [0, 0.05) is 22.7 Å². The molecule has 0 atom stereocenters. The number of aromatic nitrogens is 3. The third-order valence-corrected chi connectivity index (χ3v) is 3.84. The normalized spacial score (nSPS) is 11.0. The van der Waals surface area contributed by atoms with Crippen LogP contribution < -0.4 is 0 Å². The van der Waals surface area contributed by atoms with E-state index in [9.17, 15) is 0 Å². The summed E-state index contributed by atoms with van der Waals surface area (Å²) >= 11 is 7.38. The number of benzene rings is 1. The molecule has 18 heavy (non-hydrogen) atoms. The monoisotopic (exact) mass is 275 g/mol. The lowest BCUT2D eigenvalue weighted by molar-refractivity contribution is 1.00. The number of rotatable bonds is 2.